The van der Waals surface area contributed by atoms with E-state index in [1.54, 1.807) is 24.4 Å². The summed E-state index contributed by atoms with van der Waals surface area (Å²) in [7, 11) is 0. The fourth-order valence-electron chi connectivity index (χ4n) is 2.71. The number of para-hydroxylation sites is 1. The van der Waals surface area contributed by atoms with Crippen LogP contribution in [0, 0.1) is 5.82 Å². The van der Waals surface area contributed by atoms with E-state index in [9.17, 15) is 9.18 Å². The second kappa shape index (κ2) is 7.21. The fraction of sp³-hybridized carbons (Fsp3) is 0. The lowest BCUT2D eigenvalue weighted by molar-refractivity contribution is 0.102. The van der Waals surface area contributed by atoms with Gasteiger partial charge in [0.05, 0.1) is 16.8 Å². The number of benzene rings is 2. The molecule has 4 rings (SSSR count). The number of carbonyl (C=O) groups excluding carboxylic acids is 1. The number of hydrogen-bond acceptors (Lipinski definition) is 4. The molecule has 0 fully saturated rings. The Kier molecular flexibility index (Phi) is 4.45. The summed E-state index contributed by atoms with van der Waals surface area (Å²) >= 11 is 0. The van der Waals surface area contributed by atoms with Crippen LogP contribution in [0.4, 0.5) is 21.6 Å². The molecule has 2 aromatic heterocycles. The number of nitrogens with one attached hydrogen (secondary N) is 2. The molecule has 0 spiro atoms. The van der Waals surface area contributed by atoms with Crippen molar-refractivity contribution in [1.29, 1.82) is 0 Å². The predicted molar refractivity (Wildman–Crippen MR) is 104 cm³/mol. The van der Waals surface area contributed by atoms with Crippen LogP contribution < -0.4 is 10.6 Å². The van der Waals surface area contributed by atoms with Gasteiger partial charge in [-0.25, -0.2) is 9.37 Å². The second-order valence-corrected chi connectivity index (χ2v) is 5.90. The Morgan fingerprint density at radius 1 is 0.926 bits per heavy atom. The van der Waals surface area contributed by atoms with Crippen molar-refractivity contribution >= 4 is 34.0 Å². The SMILES string of the molecule is O=C(Nc1cccc(F)c1)c1ccc(Nc2cccc3cccnc23)nc1. The lowest BCUT2D eigenvalue weighted by Crippen LogP contribution is -2.12. The molecule has 5 nitrogen and oxygen atoms in total. The summed E-state index contributed by atoms with van der Waals surface area (Å²) in [4.78, 5) is 20.9. The van der Waals surface area contributed by atoms with E-state index in [1.807, 2.05) is 30.3 Å². The van der Waals surface area contributed by atoms with Crippen LogP contribution in [0.3, 0.4) is 0 Å². The Morgan fingerprint density at radius 3 is 2.59 bits per heavy atom. The molecule has 0 aliphatic carbocycles. The lowest BCUT2D eigenvalue weighted by Gasteiger charge is -2.09. The van der Waals surface area contributed by atoms with Crippen molar-refractivity contribution in [3.63, 3.8) is 0 Å². The second-order valence-electron chi connectivity index (χ2n) is 5.90. The van der Waals surface area contributed by atoms with E-state index in [2.05, 4.69) is 20.6 Å². The minimum atomic E-state index is -0.408. The third kappa shape index (κ3) is 3.74. The number of nitrogens with zero attached hydrogens (tertiary/aromatic N) is 2. The Labute approximate surface area is 154 Å². The van der Waals surface area contributed by atoms with Crippen molar-refractivity contribution in [2.45, 2.75) is 0 Å². The number of rotatable bonds is 4. The van der Waals surface area contributed by atoms with Gasteiger partial charge in [0, 0.05) is 23.5 Å². The number of hydrogen-bond donors (Lipinski definition) is 2. The van der Waals surface area contributed by atoms with E-state index < -0.39 is 5.82 Å². The maximum Gasteiger partial charge on any atom is 0.257 e. The molecule has 0 unspecified atom stereocenters. The minimum absolute atomic E-state index is 0.355. The Morgan fingerprint density at radius 2 is 1.78 bits per heavy atom. The summed E-state index contributed by atoms with van der Waals surface area (Å²) in [5, 5.41) is 6.88. The zero-order chi connectivity index (χ0) is 18.6. The van der Waals surface area contributed by atoms with Crippen molar-refractivity contribution in [3.05, 3.63) is 90.5 Å². The molecule has 0 aliphatic rings. The molecule has 6 heteroatoms. The molecular weight excluding hydrogens is 343 g/mol. The van der Waals surface area contributed by atoms with Crippen molar-refractivity contribution in [1.82, 2.24) is 9.97 Å². The van der Waals surface area contributed by atoms with Crippen molar-refractivity contribution in [3.8, 4) is 0 Å². The van der Waals surface area contributed by atoms with Crippen LogP contribution in [-0.2, 0) is 0 Å². The van der Waals surface area contributed by atoms with E-state index in [4.69, 9.17) is 0 Å². The van der Waals surface area contributed by atoms with Crippen LogP contribution in [0.5, 0.6) is 0 Å². The first-order valence-corrected chi connectivity index (χ1v) is 8.33. The highest BCUT2D eigenvalue weighted by Gasteiger charge is 2.08. The first kappa shape index (κ1) is 16.7. The van der Waals surface area contributed by atoms with Crippen LogP contribution in [0.2, 0.25) is 0 Å². The van der Waals surface area contributed by atoms with E-state index in [-0.39, 0.29) is 5.91 Å². The molecule has 27 heavy (non-hydrogen) atoms. The molecule has 0 bridgehead atoms. The first-order chi connectivity index (χ1) is 13.2. The Balaban J connectivity index is 1.51. The summed E-state index contributed by atoms with van der Waals surface area (Å²) < 4.78 is 13.2. The van der Waals surface area contributed by atoms with Gasteiger partial charge in [-0.15, -0.1) is 0 Å². The monoisotopic (exact) mass is 358 g/mol. The predicted octanol–water partition coefficient (Wildman–Crippen LogP) is 4.76. The van der Waals surface area contributed by atoms with Gasteiger partial charge in [-0.05, 0) is 42.5 Å². The van der Waals surface area contributed by atoms with E-state index in [0.717, 1.165) is 16.6 Å². The summed E-state index contributed by atoms with van der Waals surface area (Å²) in [6, 6.07) is 18.8. The molecule has 4 aromatic rings. The molecule has 0 saturated heterocycles. The van der Waals surface area contributed by atoms with Crippen molar-refractivity contribution in [2.24, 2.45) is 0 Å². The average Bonchev–Trinajstić information content (AvgIpc) is 2.69. The van der Waals surface area contributed by atoms with E-state index in [1.165, 1.54) is 24.4 Å². The number of pyridine rings is 2. The van der Waals surface area contributed by atoms with Gasteiger partial charge in [0.25, 0.3) is 5.91 Å². The lowest BCUT2D eigenvalue weighted by atomic mass is 10.2. The van der Waals surface area contributed by atoms with Gasteiger partial charge in [-0.3, -0.25) is 9.78 Å². The van der Waals surface area contributed by atoms with Crippen molar-refractivity contribution in [2.75, 3.05) is 10.6 Å². The van der Waals surface area contributed by atoms with Gasteiger partial charge in [0.15, 0.2) is 0 Å². The van der Waals surface area contributed by atoms with E-state index >= 15 is 0 Å². The maximum absolute atomic E-state index is 13.2. The smallest absolute Gasteiger partial charge is 0.257 e. The van der Waals surface area contributed by atoms with Gasteiger partial charge in [-0.2, -0.15) is 0 Å². The molecule has 0 atom stereocenters. The van der Waals surface area contributed by atoms with Crippen LogP contribution in [0.25, 0.3) is 10.9 Å². The third-order valence-corrected chi connectivity index (χ3v) is 4.00. The molecule has 132 valence electrons. The minimum Gasteiger partial charge on any atom is -0.338 e. The fourth-order valence-corrected chi connectivity index (χ4v) is 2.71. The standard InChI is InChI=1S/C21H15FN4O/c22-16-6-2-7-17(12-16)25-21(27)15-9-10-19(24-13-15)26-18-8-1-4-14-5-3-11-23-20(14)18/h1-13H,(H,24,26)(H,25,27). The molecule has 2 heterocycles. The zero-order valence-corrected chi connectivity index (χ0v) is 14.2. The average molecular weight is 358 g/mol. The highest BCUT2D eigenvalue weighted by atomic mass is 19.1. The number of halogens is 1. The maximum atomic E-state index is 13.2. The quantitative estimate of drug-likeness (QED) is 0.552. The molecule has 0 saturated carbocycles. The van der Waals surface area contributed by atoms with Crippen LogP contribution >= 0.6 is 0 Å². The Bertz CT molecular complexity index is 1110. The third-order valence-electron chi connectivity index (χ3n) is 4.00. The Hall–Kier alpha value is -3.80. The number of amides is 1. The van der Waals surface area contributed by atoms with Gasteiger partial charge in [-0.1, -0.05) is 24.3 Å². The van der Waals surface area contributed by atoms with Gasteiger partial charge < -0.3 is 10.6 Å². The van der Waals surface area contributed by atoms with Crippen LogP contribution in [-0.4, -0.2) is 15.9 Å². The van der Waals surface area contributed by atoms with Gasteiger partial charge >= 0.3 is 0 Å². The molecule has 0 aliphatic heterocycles. The highest BCUT2D eigenvalue weighted by molar-refractivity contribution is 6.04. The van der Waals surface area contributed by atoms with Crippen LogP contribution in [0.1, 0.15) is 10.4 Å². The topological polar surface area (TPSA) is 66.9 Å². The molecule has 1 amide bonds. The number of anilines is 3. The van der Waals surface area contributed by atoms with Crippen molar-refractivity contribution < 1.29 is 9.18 Å². The number of aromatic nitrogens is 2. The normalized spacial score (nSPS) is 10.6. The summed E-state index contributed by atoms with van der Waals surface area (Å²) in [6.07, 6.45) is 3.20. The number of fused-ring (bicyclic) bond motifs is 1. The first-order valence-electron chi connectivity index (χ1n) is 8.33. The molecule has 2 N–H and O–H groups in total. The zero-order valence-electron chi connectivity index (χ0n) is 14.2. The highest BCUT2D eigenvalue weighted by Crippen LogP contribution is 2.23. The number of carbonyl (C=O) groups is 1. The van der Waals surface area contributed by atoms with E-state index in [0.29, 0.717) is 17.1 Å². The summed E-state index contributed by atoms with van der Waals surface area (Å²) in [6.45, 7) is 0. The summed E-state index contributed by atoms with van der Waals surface area (Å²) in [5.74, 6) is -0.170. The van der Waals surface area contributed by atoms with Gasteiger partial charge in [0.1, 0.15) is 11.6 Å². The molecule has 2 aromatic carbocycles. The molecule has 0 radical (unpaired) electrons. The van der Waals surface area contributed by atoms with Gasteiger partial charge in [0.2, 0.25) is 0 Å². The molecular formula is C21H15FN4O. The summed E-state index contributed by atoms with van der Waals surface area (Å²) in [5.41, 5.74) is 2.44. The van der Waals surface area contributed by atoms with Crippen LogP contribution in [0.15, 0.2) is 79.1 Å². The largest absolute Gasteiger partial charge is 0.338 e.